The number of alkyl halides is 3. The summed E-state index contributed by atoms with van der Waals surface area (Å²) in [4.78, 5) is 11.5. The summed E-state index contributed by atoms with van der Waals surface area (Å²) >= 11 is 0. The molecule has 0 heterocycles. The Balaban J connectivity index is 2.78. The van der Waals surface area contributed by atoms with Crippen LogP contribution < -0.4 is 11.1 Å². The molecule has 3 nitrogen and oxygen atoms in total. The van der Waals surface area contributed by atoms with E-state index in [-0.39, 0.29) is 0 Å². The molecule has 0 saturated carbocycles. The lowest BCUT2D eigenvalue weighted by molar-refractivity contribution is -0.187. The molecular weight excluding hydrogens is 245 g/mol. The lowest BCUT2D eigenvalue weighted by Gasteiger charge is -2.28. The Kier molecular flexibility index (Phi) is 4.01. The Morgan fingerprint density at radius 3 is 2.22 bits per heavy atom. The predicted octanol–water partition coefficient (Wildman–Crippen LogP) is 2.14. The number of rotatable bonds is 3. The maximum atomic E-state index is 12.6. The number of amides is 1. The molecule has 18 heavy (non-hydrogen) atoms. The standard InChI is InChI=1S/C12H15F3N2O/c1-8(9-6-4-3-5-7-9)17-10(18)11(2,16)12(13,14)15/h3-8H,16H2,1-2H3,(H,17,18)/t8-,11?/m0/s1. The van der Waals surface area contributed by atoms with Gasteiger partial charge in [0.05, 0.1) is 6.04 Å². The highest BCUT2D eigenvalue weighted by molar-refractivity contribution is 5.86. The summed E-state index contributed by atoms with van der Waals surface area (Å²) in [5, 5.41) is 2.26. The van der Waals surface area contributed by atoms with E-state index in [2.05, 4.69) is 5.32 Å². The molecule has 100 valence electrons. The van der Waals surface area contributed by atoms with Gasteiger partial charge in [-0.15, -0.1) is 0 Å². The molecule has 2 atom stereocenters. The molecule has 1 rings (SSSR count). The number of nitrogens with one attached hydrogen (secondary N) is 1. The molecule has 6 heteroatoms. The summed E-state index contributed by atoms with van der Waals surface area (Å²) in [6.45, 7) is 2.25. The molecule has 3 N–H and O–H groups in total. The Labute approximate surface area is 103 Å². The van der Waals surface area contributed by atoms with Gasteiger partial charge in [-0.3, -0.25) is 4.79 Å². The molecule has 0 saturated heterocycles. The maximum Gasteiger partial charge on any atom is 0.415 e. The average Bonchev–Trinajstić information content (AvgIpc) is 2.28. The Hall–Kier alpha value is -1.56. The zero-order valence-corrected chi connectivity index (χ0v) is 10.1. The van der Waals surface area contributed by atoms with E-state index in [4.69, 9.17) is 5.73 Å². The number of benzene rings is 1. The van der Waals surface area contributed by atoms with Crippen molar-refractivity contribution in [3.05, 3.63) is 35.9 Å². The van der Waals surface area contributed by atoms with Gasteiger partial charge < -0.3 is 11.1 Å². The van der Waals surface area contributed by atoms with Gasteiger partial charge in [0.2, 0.25) is 5.91 Å². The van der Waals surface area contributed by atoms with Crippen molar-refractivity contribution >= 4 is 5.91 Å². The quantitative estimate of drug-likeness (QED) is 0.874. The molecule has 0 aliphatic carbocycles. The highest BCUT2D eigenvalue weighted by Crippen LogP contribution is 2.28. The molecule has 0 spiro atoms. The fourth-order valence-corrected chi connectivity index (χ4v) is 1.30. The van der Waals surface area contributed by atoms with Crippen molar-refractivity contribution in [3.8, 4) is 0 Å². The van der Waals surface area contributed by atoms with Gasteiger partial charge in [0, 0.05) is 0 Å². The van der Waals surface area contributed by atoms with Crippen LogP contribution >= 0.6 is 0 Å². The number of halogens is 3. The summed E-state index contributed by atoms with van der Waals surface area (Å²) in [5.41, 5.74) is 2.85. The van der Waals surface area contributed by atoms with Crippen LogP contribution in [0.25, 0.3) is 0 Å². The SMILES string of the molecule is C[C@H](NC(=O)C(C)(N)C(F)(F)F)c1ccccc1. The van der Waals surface area contributed by atoms with Crippen molar-refractivity contribution < 1.29 is 18.0 Å². The second kappa shape index (κ2) is 4.97. The van der Waals surface area contributed by atoms with E-state index in [1.165, 1.54) is 0 Å². The van der Waals surface area contributed by atoms with Crippen LogP contribution in [-0.2, 0) is 4.79 Å². The van der Waals surface area contributed by atoms with Crippen LogP contribution in [-0.4, -0.2) is 17.6 Å². The molecular formula is C12H15F3N2O. The van der Waals surface area contributed by atoms with Gasteiger partial charge in [0.25, 0.3) is 0 Å². The van der Waals surface area contributed by atoms with Gasteiger partial charge in [0.1, 0.15) is 0 Å². The number of carbonyl (C=O) groups is 1. The highest BCUT2D eigenvalue weighted by atomic mass is 19.4. The second-order valence-electron chi connectivity index (χ2n) is 4.31. The second-order valence-corrected chi connectivity index (χ2v) is 4.31. The highest BCUT2D eigenvalue weighted by Gasteiger charge is 2.54. The lowest BCUT2D eigenvalue weighted by Crippen LogP contribution is -2.61. The summed E-state index contributed by atoms with van der Waals surface area (Å²) in [6, 6.07) is 8.15. The van der Waals surface area contributed by atoms with Crippen molar-refractivity contribution in [2.75, 3.05) is 0 Å². The Morgan fingerprint density at radius 2 is 1.78 bits per heavy atom. The first-order valence-corrected chi connectivity index (χ1v) is 5.38. The van der Waals surface area contributed by atoms with Crippen LogP contribution in [0.3, 0.4) is 0 Å². The zero-order valence-electron chi connectivity index (χ0n) is 10.1. The van der Waals surface area contributed by atoms with Crippen LogP contribution in [0.2, 0.25) is 0 Å². The van der Waals surface area contributed by atoms with E-state index in [1.54, 1.807) is 37.3 Å². The normalized spacial score (nSPS) is 16.8. The smallest absolute Gasteiger partial charge is 0.348 e. The molecule has 0 aliphatic rings. The summed E-state index contributed by atoms with van der Waals surface area (Å²) in [7, 11) is 0. The minimum absolute atomic E-state index is 0.538. The number of carbonyl (C=O) groups excluding carboxylic acids is 1. The monoisotopic (exact) mass is 260 g/mol. The van der Waals surface area contributed by atoms with E-state index in [1.807, 2.05) is 0 Å². The average molecular weight is 260 g/mol. The van der Waals surface area contributed by atoms with Crippen molar-refractivity contribution in [1.29, 1.82) is 0 Å². The molecule has 1 amide bonds. The van der Waals surface area contributed by atoms with Gasteiger partial charge in [-0.05, 0) is 19.4 Å². The minimum atomic E-state index is -4.78. The van der Waals surface area contributed by atoms with E-state index < -0.39 is 23.7 Å². The first-order valence-electron chi connectivity index (χ1n) is 5.38. The topological polar surface area (TPSA) is 55.1 Å². The van der Waals surface area contributed by atoms with E-state index >= 15 is 0 Å². The molecule has 0 bridgehead atoms. The fourth-order valence-electron chi connectivity index (χ4n) is 1.30. The number of hydrogen-bond donors (Lipinski definition) is 2. The van der Waals surface area contributed by atoms with Crippen LogP contribution in [0.4, 0.5) is 13.2 Å². The number of nitrogens with two attached hydrogens (primary N) is 1. The molecule has 1 aromatic carbocycles. The van der Waals surface area contributed by atoms with Crippen LogP contribution in [0.1, 0.15) is 25.5 Å². The molecule has 0 radical (unpaired) electrons. The Morgan fingerprint density at radius 1 is 1.28 bits per heavy atom. The third kappa shape index (κ3) is 3.01. The molecule has 1 unspecified atom stereocenters. The zero-order chi connectivity index (χ0) is 14.0. The van der Waals surface area contributed by atoms with E-state index in [0.29, 0.717) is 12.5 Å². The van der Waals surface area contributed by atoms with Crippen molar-refractivity contribution in [3.63, 3.8) is 0 Å². The lowest BCUT2D eigenvalue weighted by atomic mass is 10.0. The van der Waals surface area contributed by atoms with Crippen molar-refractivity contribution in [1.82, 2.24) is 5.32 Å². The number of hydrogen-bond acceptors (Lipinski definition) is 2. The van der Waals surface area contributed by atoms with Crippen molar-refractivity contribution in [2.45, 2.75) is 31.6 Å². The first-order chi connectivity index (χ1) is 8.16. The molecule has 1 aromatic rings. The summed E-state index contributed by atoms with van der Waals surface area (Å²) in [5.74, 6) is -1.24. The van der Waals surface area contributed by atoms with E-state index in [0.717, 1.165) is 0 Å². The fraction of sp³-hybridized carbons (Fsp3) is 0.417. The van der Waals surface area contributed by atoms with Crippen LogP contribution in [0, 0.1) is 0 Å². The summed E-state index contributed by atoms with van der Waals surface area (Å²) < 4.78 is 37.7. The molecule has 0 fully saturated rings. The summed E-state index contributed by atoms with van der Waals surface area (Å²) in [6.07, 6.45) is -4.78. The van der Waals surface area contributed by atoms with E-state index in [9.17, 15) is 18.0 Å². The third-order valence-corrected chi connectivity index (χ3v) is 2.71. The first kappa shape index (κ1) is 14.5. The van der Waals surface area contributed by atoms with Gasteiger partial charge >= 0.3 is 6.18 Å². The van der Waals surface area contributed by atoms with Gasteiger partial charge in [-0.2, -0.15) is 13.2 Å². The Bertz CT molecular complexity index is 415. The van der Waals surface area contributed by atoms with Gasteiger partial charge in [-0.25, -0.2) is 0 Å². The third-order valence-electron chi connectivity index (χ3n) is 2.71. The van der Waals surface area contributed by atoms with Gasteiger partial charge in [-0.1, -0.05) is 30.3 Å². The molecule has 0 aliphatic heterocycles. The minimum Gasteiger partial charge on any atom is -0.348 e. The predicted molar refractivity (Wildman–Crippen MR) is 61.6 cm³/mol. The van der Waals surface area contributed by atoms with Crippen LogP contribution in [0.5, 0.6) is 0 Å². The maximum absolute atomic E-state index is 12.6. The largest absolute Gasteiger partial charge is 0.415 e. The van der Waals surface area contributed by atoms with Crippen LogP contribution in [0.15, 0.2) is 30.3 Å². The van der Waals surface area contributed by atoms with Crippen molar-refractivity contribution in [2.24, 2.45) is 5.73 Å². The van der Waals surface area contributed by atoms with Gasteiger partial charge in [0.15, 0.2) is 5.54 Å². The molecule has 0 aromatic heterocycles.